The molecule has 1 spiro atoms. The average Bonchev–Trinajstić information content (AvgIpc) is 2.79. The van der Waals surface area contributed by atoms with E-state index in [9.17, 15) is 0 Å². The molecule has 0 aromatic heterocycles. The number of nitrogens with zero attached hydrogens (tertiary/aromatic N) is 1. The lowest BCUT2D eigenvalue weighted by Gasteiger charge is -2.21. The molecule has 0 N–H and O–H groups in total. The minimum Gasteiger partial charge on any atom is -0.381 e. The van der Waals surface area contributed by atoms with Gasteiger partial charge in [-0.3, -0.25) is 0 Å². The molecule has 0 bridgehead atoms. The first-order valence-electron chi connectivity index (χ1n) is 5.64. The first-order valence-corrected chi connectivity index (χ1v) is 7.03. The fourth-order valence-electron chi connectivity index (χ4n) is 2.62. The summed E-state index contributed by atoms with van der Waals surface area (Å²) in [4.78, 5) is 2.63. The van der Waals surface area contributed by atoms with E-state index in [1.165, 1.54) is 44.6 Å². The maximum absolute atomic E-state index is 5.53. The highest BCUT2D eigenvalue weighted by molar-refractivity contribution is 7.98. The number of rotatable bonds is 4. The topological polar surface area (TPSA) is 12.5 Å². The predicted octanol–water partition coefficient (Wildman–Crippen LogP) is 1.85. The van der Waals surface area contributed by atoms with Crippen molar-refractivity contribution in [2.45, 2.75) is 19.3 Å². The summed E-state index contributed by atoms with van der Waals surface area (Å²) in [7, 11) is 0. The Morgan fingerprint density at radius 3 is 3.07 bits per heavy atom. The summed E-state index contributed by atoms with van der Waals surface area (Å²) in [6.07, 6.45) is 6.20. The van der Waals surface area contributed by atoms with Gasteiger partial charge in [0, 0.05) is 18.6 Å². The van der Waals surface area contributed by atoms with Crippen LogP contribution in [0.2, 0.25) is 0 Å². The molecule has 3 heteroatoms. The summed E-state index contributed by atoms with van der Waals surface area (Å²) in [5, 5.41) is 0. The zero-order chi connectivity index (χ0) is 9.86. The van der Waals surface area contributed by atoms with Gasteiger partial charge in [0.15, 0.2) is 0 Å². The van der Waals surface area contributed by atoms with E-state index in [1.807, 2.05) is 11.8 Å². The molecule has 0 radical (unpaired) electrons. The molecule has 0 amide bonds. The summed E-state index contributed by atoms with van der Waals surface area (Å²) in [5.74, 6) is 1.31. The Kier molecular flexibility index (Phi) is 3.74. The number of likely N-dealkylation sites (tertiary alicyclic amines) is 1. The van der Waals surface area contributed by atoms with Crippen LogP contribution in [0.3, 0.4) is 0 Å². The summed E-state index contributed by atoms with van der Waals surface area (Å²) < 4.78 is 5.53. The molecular formula is C11H21NOS. The van der Waals surface area contributed by atoms with E-state index in [0.717, 1.165) is 13.2 Å². The third kappa shape index (κ3) is 2.44. The van der Waals surface area contributed by atoms with Gasteiger partial charge in [0.05, 0.1) is 6.61 Å². The normalized spacial score (nSPS) is 33.2. The van der Waals surface area contributed by atoms with Crippen molar-refractivity contribution in [3.8, 4) is 0 Å². The van der Waals surface area contributed by atoms with Gasteiger partial charge in [-0.05, 0) is 44.4 Å². The van der Waals surface area contributed by atoms with Gasteiger partial charge in [0.1, 0.15) is 0 Å². The molecular weight excluding hydrogens is 194 g/mol. The number of hydrogen-bond acceptors (Lipinski definition) is 3. The Hall–Kier alpha value is 0.270. The van der Waals surface area contributed by atoms with Crippen molar-refractivity contribution in [3.05, 3.63) is 0 Å². The Bertz CT molecular complexity index is 180. The molecule has 2 aliphatic heterocycles. The van der Waals surface area contributed by atoms with Crippen molar-refractivity contribution >= 4 is 11.8 Å². The molecule has 2 saturated heterocycles. The van der Waals surface area contributed by atoms with Gasteiger partial charge in [-0.2, -0.15) is 11.8 Å². The second-order valence-corrected chi connectivity index (χ2v) is 5.66. The summed E-state index contributed by atoms with van der Waals surface area (Å²) in [6, 6.07) is 0. The van der Waals surface area contributed by atoms with E-state index in [2.05, 4.69) is 11.2 Å². The highest BCUT2D eigenvalue weighted by Crippen LogP contribution is 2.37. The quantitative estimate of drug-likeness (QED) is 0.664. The van der Waals surface area contributed by atoms with E-state index in [4.69, 9.17) is 4.74 Å². The lowest BCUT2D eigenvalue weighted by atomic mass is 9.87. The standard InChI is InChI=1S/C11H21NOS/c1-14-8-2-5-12-6-3-11(9-12)4-7-13-10-11/h2-10H2,1H3. The van der Waals surface area contributed by atoms with Gasteiger partial charge < -0.3 is 9.64 Å². The van der Waals surface area contributed by atoms with Gasteiger partial charge >= 0.3 is 0 Å². The first kappa shape index (κ1) is 10.8. The van der Waals surface area contributed by atoms with Crippen LogP contribution in [-0.4, -0.2) is 49.8 Å². The molecule has 2 aliphatic rings. The van der Waals surface area contributed by atoms with E-state index in [-0.39, 0.29) is 0 Å². The molecule has 0 aliphatic carbocycles. The molecule has 0 aromatic rings. The van der Waals surface area contributed by atoms with E-state index in [0.29, 0.717) is 5.41 Å². The number of hydrogen-bond donors (Lipinski definition) is 0. The third-order valence-corrected chi connectivity index (χ3v) is 4.22. The Morgan fingerprint density at radius 2 is 2.36 bits per heavy atom. The largest absolute Gasteiger partial charge is 0.381 e. The van der Waals surface area contributed by atoms with E-state index >= 15 is 0 Å². The van der Waals surface area contributed by atoms with Crippen LogP contribution in [0, 0.1) is 5.41 Å². The Labute approximate surface area is 91.4 Å². The molecule has 0 saturated carbocycles. The number of ether oxygens (including phenoxy) is 1. The molecule has 2 nitrogen and oxygen atoms in total. The minimum absolute atomic E-state index is 0.555. The van der Waals surface area contributed by atoms with Crippen LogP contribution in [0.15, 0.2) is 0 Å². The van der Waals surface area contributed by atoms with Gasteiger partial charge in [0.25, 0.3) is 0 Å². The minimum atomic E-state index is 0.555. The van der Waals surface area contributed by atoms with Crippen LogP contribution in [0.1, 0.15) is 19.3 Å². The molecule has 2 rings (SSSR count). The summed E-state index contributed by atoms with van der Waals surface area (Å²) in [5.41, 5.74) is 0.555. The molecule has 2 heterocycles. The maximum Gasteiger partial charge on any atom is 0.0536 e. The molecule has 14 heavy (non-hydrogen) atoms. The van der Waals surface area contributed by atoms with Gasteiger partial charge in [0.2, 0.25) is 0 Å². The molecule has 1 unspecified atom stereocenters. The monoisotopic (exact) mass is 215 g/mol. The second-order valence-electron chi connectivity index (χ2n) is 4.68. The lowest BCUT2D eigenvalue weighted by Crippen LogP contribution is -2.28. The molecule has 2 fully saturated rings. The fourth-order valence-corrected chi connectivity index (χ4v) is 3.04. The zero-order valence-corrected chi connectivity index (χ0v) is 9.94. The third-order valence-electron chi connectivity index (χ3n) is 3.53. The van der Waals surface area contributed by atoms with Crippen LogP contribution >= 0.6 is 11.8 Å². The lowest BCUT2D eigenvalue weighted by molar-refractivity contribution is 0.152. The highest BCUT2D eigenvalue weighted by Gasteiger charge is 2.40. The SMILES string of the molecule is CSCCCN1CCC2(CCOC2)C1. The smallest absolute Gasteiger partial charge is 0.0536 e. The maximum atomic E-state index is 5.53. The summed E-state index contributed by atoms with van der Waals surface area (Å²) in [6.45, 7) is 5.91. The highest BCUT2D eigenvalue weighted by atomic mass is 32.2. The fraction of sp³-hybridized carbons (Fsp3) is 1.00. The molecule has 1 atom stereocenters. The van der Waals surface area contributed by atoms with Gasteiger partial charge in [-0.15, -0.1) is 0 Å². The Balaban J connectivity index is 1.71. The number of thioether (sulfide) groups is 1. The molecule has 82 valence electrons. The summed E-state index contributed by atoms with van der Waals surface area (Å²) >= 11 is 1.96. The average molecular weight is 215 g/mol. The van der Waals surface area contributed by atoms with Crippen LogP contribution in [-0.2, 0) is 4.74 Å². The Morgan fingerprint density at radius 1 is 1.43 bits per heavy atom. The van der Waals surface area contributed by atoms with Crippen LogP contribution < -0.4 is 0 Å². The van der Waals surface area contributed by atoms with Crippen molar-refractivity contribution in [2.75, 3.05) is 44.9 Å². The van der Waals surface area contributed by atoms with Crippen molar-refractivity contribution < 1.29 is 4.74 Å². The predicted molar refractivity (Wildman–Crippen MR) is 61.9 cm³/mol. The van der Waals surface area contributed by atoms with Crippen molar-refractivity contribution in [2.24, 2.45) is 5.41 Å². The van der Waals surface area contributed by atoms with E-state index < -0.39 is 0 Å². The van der Waals surface area contributed by atoms with Gasteiger partial charge in [-0.25, -0.2) is 0 Å². The van der Waals surface area contributed by atoms with Crippen LogP contribution in [0.5, 0.6) is 0 Å². The van der Waals surface area contributed by atoms with Crippen molar-refractivity contribution in [1.82, 2.24) is 4.90 Å². The van der Waals surface area contributed by atoms with Crippen molar-refractivity contribution in [1.29, 1.82) is 0 Å². The second kappa shape index (κ2) is 4.86. The zero-order valence-electron chi connectivity index (χ0n) is 9.13. The first-order chi connectivity index (χ1) is 6.85. The van der Waals surface area contributed by atoms with Gasteiger partial charge in [-0.1, -0.05) is 0 Å². The molecule has 0 aromatic carbocycles. The van der Waals surface area contributed by atoms with Crippen LogP contribution in [0.25, 0.3) is 0 Å². The van der Waals surface area contributed by atoms with Crippen molar-refractivity contribution in [3.63, 3.8) is 0 Å². The van der Waals surface area contributed by atoms with Crippen LogP contribution in [0.4, 0.5) is 0 Å². The van der Waals surface area contributed by atoms with E-state index in [1.54, 1.807) is 0 Å².